The number of fused-ring (bicyclic) bond motifs is 2. The highest BCUT2D eigenvalue weighted by molar-refractivity contribution is 7.88. The second-order valence-corrected chi connectivity index (χ2v) is 9.65. The Morgan fingerprint density at radius 1 is 1.43 bits per heavy atom. The molecule has 2 aliphatic rings. The van der Waals surface area contributed by atoms with E-state index in [9.17, 15) is 8.42 Å². The number of aromatic amines is 1. The molecule has 8 nitrogen and oxygen atoms in total. The SMILES string of the molecule is CN1CC(CN(CCN=[N+]=[N-])S(C)(=O)=O)=CC2c3cccc4[nH]cc(c34)CC21. The predicted molar refractivity (Wildman–Crippen MR) is 110 cm³/mol. The fraction of sp³-hybridized carbons (Fsp3) is 0.474. The Labute approximate surface area is 164 Å². The minimum absolute atomic E-state index is 0.130. The van der Waals surface area contributed by atoms with Crippen LogP contribution in [0.2, 0.25) is 0 Å². The number of H-pyrrole nitrogens is 1. The van der Waals surface area contributed by atoms with E-state index >= 15 is 0 Å². The zero-order valence-electron chi connectivity index (χ0n) is 16.0. The molecule has 2 aromatic rings. The van der Waals surface area contributed by atoms with Crippen LogP contribution in [0, 0.1) is 0 Å². The first kappa shape index (κ1) is 19.0. The predicted octanol–water partition coefficient (Wildman–Crippen LogP) is 2.62. The molecule has 2 heterocycles. The Kier molecular flexibility index (Phi) is 4.93. The Morgan fingerprint density at radius 3 is 3.00 bits per heavy atom. The highest BCUT2D eigenvalue weighted by Gasteiger charge is 2.36. The lowest BCUT2D eigenvalue weighted by atomic mass is 9.76. The van der Waals surface area contributed by atoms with Gasteiger partial charge in [-0.15, -0.1) is 0 Å². The van der Waals surface area contributed by atoms with E-state index in [0.717, 1.165) is 24.1 Å². The Balaban J connectivity index is 1.67. The summed E-state index contributed by atoms with van der Waals surface area (Å²) in [6.45, 7) is 1.37. The van der Waals surface area contributed by atoms with E-state index < -0.39 is 10.0 Å². The Bertz CT molecular complexity index is 1080. The van der Waals surface area contributed by atoms with Crippen molar-refractivity contribution in [1.82, 2.24) is 14.2 Å². The van der Waals surface area contributed by atoms with Gasteiger partial charge in [0.25, 0.3) is 0 Å². The van der Waals surface area contributed by atoms with Gasteiger partial charge in [0.05, 0.1) is 6.26 Å². The fourth-order valence-electron chi connectivity index (χ4n) is 4.55. The van der Waals surface area contributed by atoms with Crippen LogP contribution in [0.15, 0.2) is 41.2 Å². The van der Waals surface area contributed by atoms with E-state index in [0.29, 0.717) is 12.6 Å². The third-order valence-electron chi connectivity index (χ3n) is 5.82. The molecule has 2 unspecified atom stereocenters. The van der Waals surface area contributed by atoms with Crippen molar-refractivity contribution in [1.29, 1.82) is 0 Å². The Hall–Kier alpha value is -2.32. The number of hydrogen-bond acceptors (Lipinski definition) is 4. The molecule has 28 heavy (non-hydrogen) atoms. The quantitative estimate of drug-likeness (QED) is 0.349. The largest absolute Gasteiger partial charge is 0.361 e. The number of nitrogens with zero attached hydrogens (tertiary/aromatic N) is 5. The van der Waals surface area contributed by atoms with Gasteiger partial charge in [0.15, 0.2) is 0 Å². The molecular weight excluding hydrogens is 376 g/mol. The lowest BCUT2D eigenvalue weighted by Gasteiger charge is -2.42. The van der Waals surface area contributed by atoms with Crippen LogP contribution in [-0.2, 0) is 16.4 Å². The van der Waals surface area contributed by atoms with Gasteiger partial charge in [-0.25, -0.2) is 8.42 Å². The minimum Gasteiger partial charge on any atom is -0.361 e. The monoisotopic (exact) mass is 400 g/mol. The van der Waals surface area contributed by atoms with Crippen molar-refractivity contribution in [2.24, 2.45) is 5.11 Å². The van der Waals surface area contributed by atoms with Crippen LogP contribution >= 0.6 is 0 Å². The molecule has 2 atom stereocenters. The van der Waals surface area contributed by atoms with Gasteiger partial charge in [-0.2, -0.15) is 4.31 Å². The average molecular weight is 401 g/mol. The molecule has 9 heteroatoms. The van der Waals surface area contributed by atoms with Crippen LogP contribution in [0.4, 0.5) is 0 Å². The van der Waals surface area contributed by atoms with Crippen molar-refractivity contribution < 1.29 is 8.42 Å². The molecule has 0 bridgehead atoms. The summed E-state index contributed by atoms with van der Waals surface area (Å²) >= 11 is 0. The summed E-state index contributed by atoms with van der Waals surface area (Å²) in [4.78, 5) is 8.41. The maximum Gasteiger partial charge on any atom is 0.211 e. The second kappa shape index (κ2) is 7.25. The number of nitrogens with one attached hydrogen (secondary N) is 1. The van der Waals surface area contributed by atoms with Gasteiger partial charge in [-0.3, -0.25) is 4.90 Å². The zero-order valence-corrected chi connectivity index (χ0v) is 16.9. The van der Waals surface area contributed by atoms with E-state index in [-0.39, 0.29) is 19.0 Å². The van der Waals surface area contributed by atoms with E-state index in [1.807, 2.05) is 0 Å². The lowest BCUT2D eigenvalue weighted by molar-refractivity contribution is 0.219. The zero-order chi connectivity index (χ0) is 19.9. The maximum absolute atomic E-state index is 12.2. The molecule has 0 spiro atoms. The van der Waals surface area contributed by atoms with Gasteiger partial charge in [-0.05, 0) is 41.8 Å². The first-order valence-corrected chi connectivity index (χ1v) is 11.2. The standard InChI is InChI=1S/C19H24N6O2S/c1-24-11-13(12-25(28(2,26)27)7-6-22-23-20)8-16-15-4-3-5-17-19(15)14(10-21-17)9-18(16)24/h3-5,8,10,16,18,21H,6-7,9,11-12H2,1-2H3. The van der Waals surface area contributed by atoms with Crippen LogP contribution in [0.5, 0.6) is 0 Å². The third-order valence-corrected chi connectivity index (χ3v) is 7.07. The number of azide groups is 1. The molecule has 1 aromatic carbocycles. The summed E-state index contributed by atoms with van der Waals surface area (Å²) in [7, 11) is -1.28. The van der Waals surface area contributed by atoms with Crippen LogP contribution in [-0.4, -0.2) is 68.1 Å². The number of likely N-dealkylation sites (N-methyl/N-ethyl adjacent to an activating group) is 1. The molecule has 0 saturated heterocycles. The van der Waals surface area contributed by atoms with Crippen molar-refractivity contribution >= 4 is 20.9 Å². The van der Waals surface area contributed by atoms with Crippen LogP contribution in [0.3, 0.4) is 0 Å². The van der Waals surface area contributed by atoms with Gasteiger partial charge in [0.2, 0.25) is 10.0 Å². The molecule has 148 valence electrons. The highest BCUT2D eigenvalue weighted by Crippen LogP contribution is 2.41. The van der Waals surface area contributed by atoms with E-state index in [4.69, 9.17) is 5.53 Å². The van der Waals surface area contributed by atoms with Crippen LogP contribution in [0.25, 0.3) is 21.3 Å². The summed E-state index contributed by atoms with van der Waals surface area (Å²) in [6.07, 6.45) is 6.54. The summed E-state index contributed by atoms with van der Waals surface area (Å²) < 4.78 is 25.8. The summed E-state index contributed by atoms with van der Waals surface area (Å²) in [5.74, 6) is 0.235. The van der Waals surface area contributed by atoms with Gasteiger partial charge in [0.1, 0.15) is 0 Å². The third kappa shape index (κ3) is 3.42. The summed E-state index contributed by atoms with van der Waals surface area (Å²) in [5.41, 5.74) is 13.4. The average Bonchev–Trinajstić information content (AvgIpc) is 3.06. The van der Waals surface area contributed by atoms with Gasteiger partial charge >= 0.3 is 0 Å². The maximum atomic E-state index is 12.2. The van der Waals surface area contributed by atoms with Gasteiger partial charge in [0, 0.05) is 60.2 Å². The van der Waals surface area contributed by atoms with Crippen molar-refractivity contribution in [3.8, 4) is 0 Å². The van der Waals surface area contributed by atoms with Crippen molar-refractivity contribution in [2.75, 3.05) is 39.5 Å². The molecule has 0 radical (unpaired) electrons. The Morgan fingerprint density at radius 2 is 2.25 bits per heavy atom. The lowest BCUT2D eigenvalue weighted by Crippen LogP contribution is -2.46. The number of sulfonamides is 1. The van der Waals surface area contributed by atoms with Gasteiger partial charge < -0.3 is 4.98 Å². The molecule has 0 amide bonds. The number of rotatable bonds is 6. The smallest absolute Gasteiger partial charge is 0.211 e. The number of benzene rings is 1. The second-order valence-electron chi connectivity index (χ2n) is 7.67. The molecular formula is C19H24N6O2S. The highest BCUT2D eigenvalue weighted by atomic mass is 32.2. The topological polar surface area (TPSA) is 105 Å². The molecule has 1 aliphatic heterocycles. The van der Waals surface area contributed by atoms with Gasteiger partial charge in [-0.1, -0.05) is 23.3 Å². The van der Waals surface area contributed by atoms with E-state index in [1.54, 1.807) is 0 Å². The molecule has 1 aromatic heterocycles. The van der Waals surface area contributed by atoms with Crippen molar-refractivity contribution in [2.45, 2.75) is 18.4 Å². The molecule has 1 N–H and O–H groups in total. The fourth-order valence-corrected chi connectivity index (χ4v) is 5.37. The minimum atomic E-state index is -3.39. The summed E-state index contributed by atoms with van der Waals surface area (Å²) in [6, 6.07) is 6.72. The number of aromatic nitrogens is 1. The van der Waals surface area contributed by atoms with E-state index in [1.165, 1.54) is 27.1 Å². The molecule has 4 rings (SSSR count). The van der Waals surface area contributed by atoms with Crippen molar-refractivity contribution in [3.63, 3.8) is 0 Å². The van der Waals surface area contributed by atoms with E-state index in [2.05, 4.69) is 57.4 Å². The van der Waals surface area contributed by atoms with Crippen LogP contribution in [0.1, 0.15) is 17.0 Å². The van der Waals surface area contributed by atoms with Crippen LogP contribution < -0.4 is 0 Å². The number of hydrogen-bond donors (Lipinski definition) is 1. The molecule has 0 fully saturated rings. The normalized spacial score (nSPS) is 22.0. The van der Waals surface area contributed by atoms with Crippen molar-refractivity contribution in [3.05, 3.63) is 57.6 Å². The summed E-state index contributed by atoms with van der Waals surface area (Å²) in [5, 5.41) is 4.79. The first-order valence-electron chi connectivity index (χ1n) is 9.33. The molecule has 0 saturated carbocycles. The first-order chi connectivity index (χ1) is 13.4. The molecule has 1 aliphatic carbocycles.